The van der Waals surface area contributed by atoms with Gasteiger partial charge in [0.15, 0.2) is 0 Å². The predicted molar refractivity (Wildman–Crippen MR) is 168 cm³/mol. The van der Waals surface area contributed by atoms with E-state index >= 15 is 0 Å². The molecule has 7 rings (SSSR count). The molecule has 1 amide bonds. The number of likely N-dealkylation sites (tertiary alicyclic amines) is 1. The summed E-state index contributed by atoms with van der Waals surface area (Å²) in [6.45, 7) is 8.32. The maximum absolute atomic E-state index is 12.8. The number of benzene rings is 1. The summed E-state index contributed by atoms with van der Waals surface area (Å²) in [5, 5.41) is 1.14. The highest BCUT2D eigenvalue weighted by atomic mass is 16.6. The Morgan fingerprint density at radius 2 is 1.65 bits per heavy atom. The number of carbonyl (C=O) groups is 1. The summed E-state index contributed by atoms with van der Waals surface area (Å²) < 4.78 is 5.65. The Balaban J connectivity index is 0.984. The van der Waals surface area contributed by atoms with Crippen LogP contribution in [-0.2, 0) is 4.74 Å². The molecule has 0 unspecified atom stereocenters. The van der Waals surface area contributed by atoms with Crippen LogP contribution < -0.4 is 4.90 Å². The minimum atomic E-state index is -0.506. The molecule has 1 saturated carbocycles. The van der Waals surface area contributed by atoms with E-state index in [1.165, 1.54) is 31.4 Å². The van der Waals surface area contributed by atoms with Gasteiger partial charge >= 0.3 is 6.09 Å². The van der Waals surface area contributed by atoms with Crippen LogP contribution in [0.1, 0.15) is 107 Å². The molecule has 1 aliphatic carbocycles. The molecular formula is C34H43N7O2. The number of ether oxygens (including phenoxy) is 1. The fourth-order valence-corrected chi connectivity index (χ4v) is 7.09. The minimum Gasteiger partial charge on any atom is -0.444 e. The smallest absolute Gasteiger partial charge is 0.410 e. The lowest BCUT2D eigenvalue weighted by Crippen LogP contribution is -2.36. The monoisotopic (exact) mass is 581 g/mol. The van der Waals surface area contributed by atoms with Gasteiger partial charge in [-0.15, -0.1) is 0 Å². The van der Waals surface area contributed by atoms with Crippen molar-refractivity contribution in [2.24, 2.45) is 0 Å². The molecule has 1 aromatic carbocycles. The molecule has 1 atom stereocenters. The number of anilines is 1. The zero-order valence-corrected chi connectivity index (χ0v) is 25.6. The number of hydrogen-bond donors (Lipinski definition) is 2. The Bertz CT molecular complexity index is 1590. The number of pyridine rings is 1. The van der Waals surface area contributed by atoms with Crippen LogP contribution in [0.4, 0.5) is 10.6 Å². The standard InChI is InChI=1S/C34H43N7O2/c1-34(2,3)43-33(42)41-16-6-9-29(41)32-36-20-27(39-32)22-14-17-40(18-15-22)30-13-11-24-19-25(10-12-26(24)37-30)28-21-35-31(38-28)23-7-4-5-8-23/h10-13,19-23,29H,4-9,14-18H2,1-3H3,(H,35,38)(H,36,39)/t29-/m0/s1. The van der Waals surface area contributed by atoms with Crippen LogP contribution in [0.15, 0.2) is 42.7 Å². The normalized spacial score (nSPS) is 20.4. The van der Waals surface area contributed by atoms with E-state index in [0.29, 0.717) is 18.4 Å². The molecule has 3 fully saturated rings. The molecule has 2 saturated heterocycles. The van der Waals surface area contributed by atoms with E-state index in [9.17, 15) is 4.79 Å². The lowest BCUT2D eigenvalue weighted by Gasteiger charge is -2.32. The van der Waals surface area contributed by atoms with Gasteiger partial charge in [0, 0.05) is 54.3 Å². The highest BCUT2D eigenvalue weighted by Crippen LogP contribution is 2.36. The van der Waals surface area contributed by atoms with E-state index in [1.807, 2.05) is 38.1 Å². The summed E-state index contributed by atoms with van der Waals surface area (Å²) in [5.41, 5.74) is 3.92. The fourth-order valence-electron chi connectivity index (χ4n) is 7.09. The largest absolute Gasteiger partial charge is 0.444 e. The van der Waals surface area contributed by atoms with Gasteiger partial charge in [0.05, 0.1) is 23.4 Å². The van der Waals surface area contributed by atoms with Gasteiger partial charge in [0.2, 0.25) is 0 Å². The van der Waals surface area contributed by atoms with Gasteiger partial charge in [0.1, 0.15) is 23.1 Å². The lowest BCUT2D eigenvalue weighted by atomic mass is 9.94. The molecule has 2 aliphatic heterocycles. The molecule has 3 aliphatic rings. The zero-order chi connectivity index (χ0) is 29.6. The third kappa shape index (κ3) is 5.86. The number of aromatic nitrogens is 5. The summed E-state index contributed by atoms with van der Waals surface area (Å²) in [5.74, 6) is 4.05. The number of amides is 1. The van der Waals surface area contributed by atoms with E-state index in [1.54, 1.807) is 0 Å². The Hall–Kier alpha value is -3.88. The van der Waals surface area contributed by atoms with Crippen molar-refractivity contribution in [1.82, 2.24) is 29.8 Å². The molecule has 226 valence electrons. The van der Waals surface area contributed by atoms with Crippen molar-refractivity contribution in [3.63, 3.8) is 0 Å². The van der Waals surface area contributed by atoms with Gasteiger partial charge in [-0.05, 0) is 83.6 Å². The molecule has 3 aromatic heterocycles. The maximum Gasteiger partial charge on any atom is 0.410 e. The molecule has 0 spiro atoms. The molecule has 4 aromatic rings. The highest BCUT2D eigenvalue weighted by molar-refractivity contribution is 5.85. The number of piperidine rings is 1. The van der Waals surface area contributed by atoms with Crippen LogP contribution in [0.2, 0.25) is 0 Å². The molecule has 5 heterocycles. The number of rotatable bonds is 5. The number of carbonyl (C=O) groups excluding carboxylic acids is 1. The van der Waals surface area contributed by atoms with Gasteiger partial charge < -0.3 is 19.6 Å². The second kappa shape index (κ2) is 11.3. The van der Waals surface area contributed by atoms with Crippen LogP contribution >= 0.6 is 0 Å². The van der Waals surface area contributed by atoms with Crippen LogP contribution in [0.5, 0.6) is 0 Å². The third-order valence-corrected chi connectivity index (χ3v) is 9.39. The quantitative estimate of drug-likeness (QED) is 0.254. The Morgan fingerprint density at radius 3 is 2.44 bits per heavy atom. The van der Waals surface area contributed by atoms with Gasteiger partial charge in [-0.25, -0.2) is 19.7 Å². The molecule has 2 N–H and O–H groups in total. The first-order valence-corrected chi connectivity index (χ1v) is 16.1. The fraction of sp³-hybridized carbons (Fsp3) is 0.529. The topological polar surface area (TPSA) is 103 Å². The molecule has 0 bridgehead atoms. The first kappa shape index (κ1) is 27.9. The summed E-state index contributed by atoms with van der Waals surface area (Å²) in [6, 6.07) is 10.8. The van der Waals surface area contributed by atoms with Crippen molar-refractivity contribution in [2.75, 3.05) is 24.5 Å². The van der Waals surface area contributed by atoms with Crippen molar-refractivity contribution in [1.29, 1.82) is 0 Å². The van der Waals surface area contributed by atoms with E-state index in [2.05, 4.69) is 45.2 Å². The van der Waals surface area contributed by atoms with Crippen molar-refractivity contribution < 1.29 is 9.53 Å². The number of nitrogens with zero attached hydrogens (tertiary/aromatic N) is 5. The summed E-state index contributed by atoms with van der Waals surface area (Å²) in [7, 11) is 0. The minimum absolute atomic E-state index is 0.0476. The molecular weight excluding hydrogens is 538 g/mol. The van der Waals surface area contributed by atoms with E-state index < -0.39 is 5.60 Å². The number of hydrogen-bond acceptors (Lipinski definition) is 6. The van der Waals surface area contributed by atoms with Gasteiger partial charge in [-0.2, -0.15) is 0 Å². The molecule has 0 radical (unpaired) electrons. The van der Waals surface area contributed by atoms with Gasteiger partial charge in [-0.3, -0.25) is 4.90 Å². The van der Waals surface area contributed by atoms with Crippen LogP contribution in [0.25, 0.3) is 22.2 Å². The second-order valence-electron chi connectivity index (χ2n) is 13.6. The summed E-state index contributed by atoms with van der Waals surface area (Å²) in [6.07, 6.45) is 12.7. The second-order valence-corrected chi connectivity index (χ2v) is 13.6. The highest BCUT2D eigenvalue weighted by Gasteiger charge is 2.35. The molecule has 9 nitrogen and oxygen atoms in total. The first-order valence-electron chi connectivity index (χ1n) is 16.1. The van der Waals surface area contributed by atoms with E-state index in [-0.39, 0.29) is 12.1 Å². The summed E-state index contributed by atoms with van der Waals surface area (Å²) in [4.78, 5) is 38.6. The molecule has 9 heteroatoms. The number of nitrogens with one attached hydrogen (secondary N) is 2. The first-order chi connectivity index (χ1) is 20.8. The number of aromatic amines is 2. The van der Waals surface area contributed by atoms with Crippen molar-refractivity contribution in [3.8, 4) is 11.3 Å². The van der Waals surface area contributed by atoms with Crippen LogP contribution in [0, 0.1) is 0 Å². The van der Waals surface area contributed by atoms with Crippen LogP contribution in [0.3, 0.4) is 0 Å². The number of fused-ring (bicyclic) bond motifs is 1. The SMILES string of the molecule is CC(C)(C)OC(=O)N1CCC[C@H]1c1ncc(C2CCN(c3ccc4cc(-c5cnc(C6CCCC6)[nH]5)ccc4n3)CC2)[nH]1. The van der Waals surface area contributed by atoms with Crippen molar-refractivity contribution in [2.45, 2.75) is 95.6 Å². The zero-order valence-electron chi connectivity index (χ0n) is 25.6. The Kier molecular flexibility index (Phi) is 7.35. The maximum atomic E-state index is 12.8. The van der Waals surface area contributed by atoms with Crippen molar-refractivity contribution in [3.05, 3.63) is 60.1 Å². The van der Waals surface area contributed by atoms with Gasteiger partial charge in [0.25, 0.3) is 0 Å². The third-order valence-electron chi connectivity index (χ3n) is 9.39. The van der Waals surface area contributed by atoms with E-state index in [0.717, 1.165) is 78.4 Å². The predicted octanol–water partition coefficient (Wildman–Crippen LogP) is 7.46. The van der Waals surface area contributed by atoms with Crippen molar-refractivity contribution >= 4 is 22.8 Å². The number of H-pyrrole nitrogens is 2. The average molecular weight is 582 g/mol. The Labute approximate surface area is 253 Å². The lowest BCUT2D eigenvalue weighted by molar-refractivity contribution is 0.0218. The Morgan fingerprint density at radius 1 is 0.860 bits per heavy atom. The average Bonchev–Trinajstić information content (AvgIpc) is 3.82. The van der Waals surface area contributed by atoms with E-state index in [4.69, 9.17) is 19.7 Å². The number of imidazole rings is 2. The molecule has 43 heavy (non-hydrogen) atoms. The van der Waals surface area contributed by atoms with Gasteiger partial charge in [-0.1, -0.05) is 18.9 Å². The van der Waals surface area contributed by atoms with Crippen LogP contribution in [-0.4, -0.2) is 61.1 Å². The summed E-state index contributed by atoms with van der Waals surface area (Å²) >= 11 is 0.